The SMILES string of the molecule is CC[C@@H]1OC(=O)[C@H](C)C(=O)[C@H](C)[C@@H](O[C@@H]2O[C@H](C)C[C@H](N(C)C)[C@H]2O)[C@@]2(C)C[C@@H](C)C(=NC(C)=O)C[C@H](OC/C(=N/OCc3cccc(-c4ncccn4)c3)CO2)[C@]1(C)O. The normalized spacial score (nSPS) is 36.3. The first kappa shape index (κ1) is 47.0. The van der Waals surface area contributed by atoms with E-state index in [1.165, 1.54) is 20.8 Å². The molecule has 1 amide bonds. The minimum absolute atomic E-state index is 0.0254. The van der Waals surface area contributed by atoms with Gasteiger partial charge < -0.3 is 43.6 Å². The number of hydrogen-bond donors (Lipinski definition) is 2. The molecule has 2 N–H and O–H groups in total. The van der Waals surface area contributed by atoms with Gasteiger partial charge in [-0.3, -0.25) is 14.4 Å². The Labute approximate surface area is 353 Å². The molecule has 3 saturated heterocycles. The number of esters is 1. The van der Waals surface area contributed by atoms with Gasteiger partial charge in [0.2, 0.25) is 5.91 Å². The number of amides is 1. The summed E-state index contributed by atoms with van der Waals surface area (Å²) in [6.07, 6.45) is -1.75. The van der Waals surface area contributed by atoms with Crippen molar-refractivity contribution < 1.29 is 53.1 Å². The van der Waals surface area contributed by atoms with Gasteiger partial charge in [-0.25, -0.2) is 15.0 Å². The number of ketones is 1. The number of oxime groups is 1. The van der Waals surface area contributed by atoms with Crippen LogP contribution in [-0.2, 0) is 49.5 Å². The van der Waals surface area contributed by atoms with Crippen molar-refractivity contribution in [2.75, 3.05) is 27.3 Å². The largest absolute Gasteiger partial charge is 0.459 e. The zero-order valence-electron chi connectivity index (χ0n) is 36.6. The van der Waals surface area contributed by atoms with Gasteiger partial charge in [0.1, 0.15) is 36.0 Å². The monoisotopic (exact) mass is 837 g/mol. The van der Waals surface area contributed by atoms with Crippen LogP contribution in [0.4, 0.5) is 0 Å². The number of carbonyl (C=O) groups is 3. The molecule has 12 atom stereocenters. The quantitative estimate of drug-likeness (QED) is 0.216. The highest BCUT2D eigenvalue weighted by atomic mass is 16.7. The molecule has 0 aliphatic carbocycles. The van der Waals surface area contributed by atoms with E-state index in [1.54, 1.807) is 39.2 Å². The van der Waals surface area contributed by atoms with Crippen molar-refractivity contribution in [1.82, 2.24) is 14.9 Å². The summed E-state index contributed by atoms with van der Waals surface area (Å²) >= 11 is 0. The van der Waals surface area contributed by atoms with Crippen LogP contribution in [0.3, 0.4) is 0 Å². The summed E-state index contributed by atoms with van der Waals surface area (Å²) in [4.78, 5) is 62.0. The molecule has 16 heteroatoms. The van der Waals surface area contributed by atoms with Gasteiger partial charge in [0, 0.05) is 49.0 Å². The molecule has 0 radical (unpaired) electrons. The van der Waals surface area contributed by atoms with Crippen molar-refractivity contribution in [3.63, 3.8) is 0 Å². The maximum atomic E-state index is 14.5. The van der Waals surface area contributed by atoms with E-state index in [-0.39, 0.29) is 51.2 Å². The van der Waals surface area contributed by atoms with Crippen molar-refractivity contribution in [3.05, 3.63) is 48.3 Å². The van der Waals surface area contributed by atoms with Crippen molar-refractivity contribution in [3.8, 4) is 11.4 Å². The molecule has 330 valence electrons. The van der Waals surface area contributed by atoms with E-state index in [9.17, 15) is 24.6 Å². The second-order valence-electron chi connectivity index (χ2n) is 17.1. The lowest BCUT2D eigenvalue weighted by Crippen LogP contribution is -2.59. The van der Waals surface area contributed by atoms with E-state index in [0.717, 1.165) is 11.1 Å². The molecule has 16 nitrogen and oxygen atoms in total. The van der Waals surface area contributed by atoms with Crippen LogP contribution in [0.2, 0.25) is 0 Å². The number of aliphatic hydroxyl groups is 2. The molecular weight excluding hydrogens is 775 g/mol. The number of carbonyl (C=O) groups excluding carboxylic acids is 3. The summed E-state index contributed by atoms with van der Waals surface area (Å²) in [6.45, 7) is 13.0. The summed E-state index contributed by atoms with van der Waals surface area (Å²) in [7, 11) is 3.73. The smallest absolute Gasteiger partial charge is 0.316 e. The lowest BCUT2D eigenvalue weighted by Gasteiger charge is -2.47. The van der Waals surface area contributed by atoms with E-state index in [1.807, 2.05) is 57.1 Å². The second-order valence-corrected chi connectivity index (χ2v) is 17.1. The fourth-order valence-corrected chi connectivity index (χ4v) is 8.47. The van der Waals surface area contributed by atoms with Gasteiger partial charge >= 0.3 is 5.97 Å². The first-order valence-corrected chi connectivity index (χ1v) is 20.8. The Morgan fingerprint density at radius 1 is 1.07 bits per heavy atom. The highest BCUT2D eigenvalue weighted by Gasteiger charge is 2.51. The summed E-state index contributed by atoms with van der Waals surface area (Å²) in [5, 5.41) is 28.4. The second kappa shape index (κ2) is 20.2. The van der Waals surface area contributed by atoms with Gasteiger partial charge in [-0.05, 0) is 84.7 Å². The first-order chi connectivity index (χ1) is 28.3. The lowest BCUT2D eigenvalue weighted by molar-refractivity contribution is -0.296. The molecule has 2 aromatic rings. The van der Waals surface area contributed by atoms with Crippen LogP contribution >= 0.6 is 0 Å². The number of aliphatic imine (C=N–C) groups is 1. The zero-order valence-corrected chi connectivity index (χ0v) is 36.6. The van der Waals surface area contributed by atoms with Crippen molar-refractivity contribution in [2.45, 2.75) is 142 Å². The molecule has 0 unspecified atom stereocenters. The van der Waals surface area contributed by atoms with Crippen LogP contribution < -0.4 is 0 Å². The predicted molar refractivity (Wildman–Crippen MR) is 222 cm³/mol. The molecular formula is C44H63N5O11. The molecule has 3 aliphatic rings. The summed E-state index contributed by atoms with van der Waals surface area (Å²) in [5.74, 6) is -4.02. The third-order valence-electron chi connectivity index (χ3n) is 11.9. The first-order valence-electron chi connectivity index (χ1n) is 20.8. The molecule has 1 aromatic carbocycles. The van der Waals surface area contributed by atoms with Crippen LogP contribution in [-0.4, -0.2) is 136 Å². The molecule has 3 fully saturated rings. The molecule has 0 spiro atoms. The Morgan fingerprint density at radius 3 is 2.45 bits per heavy atom. The third kappa shape index (κ3) is 11.3. The highest BCUT2D eigenvalue weighted by Crippen LogP contribution is 2.39. The minimum atomic E-state index is -1.83. The summed E-state index contributed by atoms with van der Waals surface area (Å²) in [5.41, 5.74) is -0.925. The topological polar surface area (TPSA) is 201 Å². The fraction of sp³-hybridized carbons (Fsp3) is 0.659. The number of likely N-dealkylation sites (N-methyl/N-ethyl adjacent to an activating group) is 1. The van der Waals surface area contributed by atoms with Gasteiger partial charge in [0.05, 0.1) is 37.1 Å². The Balaban J connectivity index is 1.62. The summed E-state index contributed by atoms with van der Waals surface area (Å²) in [6, 6.07) is 8.98. The number of rotatable bonds is 8. The van der Waals surface area contributed by atoms with Gasteiger partial charge in [0.25, 0.3) is 0 Å². The number of benzene rings is 1. The maximum Gasteiger partial charge on any atom is 0.316 e. The number of nitrogens with zero attached hydrogens (tertiary/aromatic N) is 5. The van der Waals surface area contributed by atoms with Crippen LogP contribution in [0.5, 0.6) is 0 Å². The molecule has 4 heterocycles. The highest BCUT2D eigenvalue weighted by molar-refractivity contribution is 6.00. The number of fused-ring (bicyclic) bond motifs is 5. The number of aliphatic hydroxyl groups excluding tert-OH is 1. The van der Waals surface area contributed by atoms with E-state index in [2.05, 4.69) is 20.1 Å². The van der Waals surface area contributed by atoms with Crippen LogP contribution in [0.1, 0.15) is 86.6 Å². The Bertz CT molecular complexity index is 1860. The maximum absolute atomic E-state index is 14.5. The fourth-order valence-electron chi connectivity index (χ4n) is 8.47. The van der Waals surface area contributed by atoms with E-state index >= 15 is 0 Å². The number of aromatic nitrogens is 2. The summed E-state index contributed by atoms with van der Waals surface area (Å²) < 4.78 is 32.3. The Morgan fingerprint density at radius 2 is 1.78 bits per heavy atom. The number of hydrogen-bond acceptors (Lipinski definition) is 15. The Kier molecular flexibility index (Phi) is 15.9. The van der Waals surface area contributed by atoms with Crippen LogP contribution in [0, 0.1) is 17.8 Å². The van der Waals surface area contributed by atoms with Crippen molar-refractivity contribution >= 4 is 29.1 Å². The molecule has 60 heavy (non-hydrogen) atoms. The van der Waals surface area contributed by atoms with Gasteiger partial charge in [0.15, 0.2) is 17.9 Å². The van der Waals surface area contributed by atoms with E-state index in [0.29, 0.717) is 23.7 Å². The molecule has 2 bridgehead atoms. The predicted octanol–water partition coefficient (Wildman–Crippen LogP) is 4.33. The minimum Gasteiger partial charge on any atom is -0.459 e. The molecule has 1 aromatic heterocycles. The van der Waals surface area contributed by atoms with Crippen LogP contribution in [0.15, 0.2) is 52.9 Å². The third-order valence-corrected chi connectivity index (χ3v) is 11.9. The zero-order chi connectivity index (χ0) is 43.9. The van der Waals surface area contributed by atoms with E-state index < -0.39 is 77.3 Å². The number of Topliss-reactive ketones (excluding diaryl/α,β-unsaturated/α-hetero) is 1. The standard InChI is InChI=1S/C44H63N5O11/c1-11-35-44(8,54)36-20-33(47-29(6)50)25(2)21-43(7,56-24-32(23-55-36)48-57-22-30-14-12-15-31(19-30)40-45-16-13-17-46-40)39(27(4)37(51)28(5)41(53)59-35)60-42-38(52)34(49(9)10)18-26(3)58-42/h12-17,19,25-28,34-36,38-39,42,52,54H,11,18,20-24H2,1-10H3/b47-33?,48-32-/t25-,26-,27+,28-,34+,35+,36+,38-,39-,42+,43-,44-/m1/s1. The Hall–Kier alpha value is -4.03. The molecule has 3 aliphatic heterocycles. The van der Waals surface area contributed by atoms with Gasteiger partial charge in [-0.15, -0.1) is 0 Å². The average molecular weight is 838 g/mol. The van der Waals surface area contributed by atoms with E-state index in [4.69, 9.17) is 28.5 Å². The number of cyclic esters (lactones) is 1. The van der Waals surface area contributed by atoms with Crippen LogP contribution in [0.25, 0.3) is 11.4 Å². The lowest BCUT2D eigenvalue weighted by atomic mass is 9.76. The number of ether oxygens (including phenoxy) is 5. The van der Waals surface area contributed by atoms with Gasteiger partial charge in [-0.1, -0.05) is 44.1 Å². The molecule has 0 saturated carbocycles. The average Bonchev–Trinajstić information content (AvgIpc) is 3.23. The van der Waals surface area contributed by atoms with Crippen molar-refractivity contribution in [2.24, 2.45) is 27.9 Å². The van der Waals surface area contributed by atoms with Gasteiger partial charge in [-0.2, -0.15) is 0 Å². The van der Waals surface area contributed by atoms with Crippen molar-refractivity contribution in [1.29, 1.82) is 0 Å². The molecule has 5 rings (SSSR count).